The van der Waals surface area contributed by atoms with Crippen molar-refractivity contribution in [1.82, 2.24) is 0 Å². The van der Waals surface area contributed by atoms with Crippen LogP contribution in [0.5, 0.6) is 0 Å². The standard InChI is InChI=1S/C11H13F2N/c1-7-2-3-8(6-10(7)13)14-11-5-4-9(11)12/h2-3,6,9,11,14H,4-5H2,1H3. The van der Waals surface area contributed by atoms with E-state index >= 15 is 0 Å². The first kappa shape index (κ1) is 9.44. The van der Waals surface area contributed by atoms with Crippen molar-refractivity contribution in [3.63, 3.8) is 0 Å². The summed E-state index contributed by atoms with van der Waals surface area (Å²) in [4.78, 5) is 0. The predicted molar refractivity (Wildman–Crippen MR) is 52.7 cm³/mol. The van der Waals surface area contributed by atoms with E-state index in [0.717, 1.165) is 6.42 Å². The van der Waals surface area contributed by atoms with Crippen LogP contribution in [0.15, 0.2) is 18.2 Å². The Labute approximate surface area is 82.1 Å². The van der Waals surface area contributed by atoms with Gasteiger partial charge >= 0.3 is 0 Å². The largest absolute Gasteiger partial charge is 0.379 e. The fourth-order valence-electron chi connectivity index (χ4n) is 1.52. The molecule has 0 amide bonds. The zero-order valence-corrected chi connectivity index (χ0v) is 8.06. The van der Waals surface area contributed by atoms with E-state index in [-0.39, 0.29) is 11.9 Å². The molecule has 0 radical (unpaired) electrons. The summed E-state index contributed by atoms with van der Waals surface area (Å²) < 4.78 is 26.0. The summed E-state index contributed by atoms with van der Waals surface area (Å²) in [7, 11) is 0. The maximum absolute atomic E-state index is 13.1. The van der Waals surface area contributed by atoms with Gasteiger partial charge in [-0.15, -0.1) is 0 Å². The molecule has 1 aliphatic carbocycles. The maximum Gasteiger partial charge on any atom is 0.128 e. The molecule has 1 N–H and O–H groups in total. The minimum atomic E-state index is -0.778. The first-order valence-corrected chi connectivity index (χ1v) is 4.83. The Morgan fingerprint density at radius 1 is 1.36 bits per heavy atom. The second-order valence-electron chi connectivity index (χ2n) is 3.81. The highest BCUT2D eigenvalue weighted by Crippen LogP contribution is 2.27. The molecular formula is C11H13F2N. The van der Waals surface area contributed by atoms with Gasteiger partial charge in [0.1, 0.15) is 12.0 Å². The van der Waals surface area contributed by atoms with Crippen LogP contribution in [0.3, 0.4) is 0 Å². The Morgan fingerprint density at radius 3 is 2.64 bits per heavy atom. The average Bonchev–Trinajstić information content (AvgIpc) is 2.17. The van der Waals surface area contributed by atoms with Crippen LogP contribution in [0.2, 0.25) is 0 Å². The summed E-state index contributed by atoms with van der Waals surface area (Å²) in [6.07, 6.45) is 0.669. The van der Waals surface area contributed by atoms with Gasteiger partial charge in [-0.25, -0.2) is 8.78 Å². The van der Waals surface area contributed by atoms with Crippen LogP contribution < -0.4 is 5.32 Å². The van der Waals surface area contributed by atoms with Crippen molar-refractivity contribution in [1.29, 1.82) is 0 Å². The lowest BCUT2D eigenvalue weighted by molar-refractivity contribution is 0.186. The molecule has 0 aliphatic heterocycles. The molecule has 1 fully saturated rings. The minimum absolute atomic E-state index is 0.128. The molecule has 0 saturated heterocycles. The first-order chi connectivity index (χ1) is 6.66. The lowest BCUT2D eigenvalue weighted by Gasteiger charge is -2.31. The number of alkyl halides is 1. The Kier molecular flexibility index (Phi) is 2.40. The number of benzene rings is 1. The molecule has 2 atom stereocenters. The number of rotatable bonds is 2. The van der Waals surface area contributed by atoms with Gasteiger partial charge in [0, 0.05) is 5.69 Å². The number of aryl methyl sites for hydroxylation is 1. The number of nitrogens with one attached hydrogen (secondary N) is 1. The Balaban J connectivity index is 2.06. The van der Waals surface area contributed by atoms with Gasteiger partial charge in [-0.05, 0) is 37.5 Å². The van der Waals surface area contributed by atoms with Crippen molar-refractivity contribution in [3.8, 4) is 0 Å². The molecule has 14 heavy (non-hydrogen) atoms. The Morgan fingerprint density at radius 2 is 2.14 bits per heavy atom. The average molecular weight is 197 g/mol. The van der Waals surface area contributed by atoms with Gasteiger partial charge < -0.3 is 5.32 Å². The lowest BCUT2D eigenvalue weighted by Crippen LogP contribution is -2.39. The van der Waals surface area contributed by atoms with Gasteiger partial charge in [0.2, 0.25) is 0 Å². The van der Waals surface area contributed by atoms with Gasteiger partial charge in [0.25, 0.3) is 0 Å². The molecule has 0 aromatic heterocycles. The zero-order chi connectivity index (χ0) is 10.1. The first-order valence-electron chi connectivity index (χ1n) is 4.83. The monoisotopic (exact) mass is 197 g/mol. The summed E-state index contributed by atoms with van der Waals surface area (Å²) in [5.74, 6) is -0.246. The fraction of sp³-hybridized carbons (Fsp3) is 0.455. The molecular weight excluding hydrogens is 184 g/mol. The van der Waals surface area contributed by atoms with Crippen molar-refractivity contribution >= 4 is 5.69 Å². The number of hydrogen-bond acceptors (Lipinski definition) is 1. The van der Waals surface area contributed by atoms with E-state index in [1.54, 1.807) is 19.1 Å². The zero-order valence-electron chi connectivity index (χ0n) is 8.06. The third-order valence-corrected chi connectivity index (χ3v) is 2.71. The Hall–Kier alpha value is -1.12. The highest BCUT2D eigenvalue weighted by atomic mass is 19.1. The molecule has 0 bridgehead atoms. The van der Waals surface area contributed by atoms with Crippen LogP contribution in [0.4, 0.5) is 14.5 Å². The second-order valence-corrected chi connectivity index (χ2v) is 3.81. The summed E-state index contributed by atoms with van der Waals surface area (Å²) >= 11 is 0. The second kappa shape index (κ2) is 3.56. The number of anilines is 1. The third kappa shape index (κ3) is 1.72. The van der Waals surface area contributed by atoms with Crippen molar-refractivity contribution in [3.05, 3.63) is 29.6 Å². The smallest absolute Gasteiger partial charge is 0.128 e. The third-order valence-electron chi connectivity index (χ3n) is 2.71. The molecule has 76 valence electrons. The summed E-state index contributed by atoms with van der Waals surface area (Å²) in [5, 5.41) is 2.98. The summed E-state index contributed by atoms with van der Waals surface area (Å²) in [5.41, 5.74) is 1.28. The number of halogens is 2. The molecule has 3 heteroatoms. The lowest BCUT2D eigenvalue weighted by atomic mass is 9.90. The van der Waals surface area contributed by atoms with Crippen molar-refractivity contribution < 1.29 is 8.78 Å². The molecule has 2 unspecified atom stereocenters. The topological polar surface area (TPSA) is 12.0 Å². The maximum atomic E-state index is 13.1. The van der Waals surface area contributed by atoms with Crippen molar-refractivity contribution in [2.75, 3.05) is 5.32 Å². The highest BCUT2D eigenvalue weighted by Gasteiger charge is 2.30. The predicted octanol–water partition coefficient (Wildman–Crippen LogP) is 3.05. The molecule has 0 spiro atoms. The summed E-state index contributed by atoms with van der Waals surface area (Å²) in [6.45, 7) is 1.71. The van der Waals surface area contributed by atoms with E-state index in [0.29, 0.717) is 17.7 Å². The fourth-order valence-corrected chi connectivity index (χ4v) is 1.52. The van der Waals surface area contributed by atoms with E-state index in [2.05, 4.69) is 5.32 Å². The quantitative estimate of drug-likeness (QED) is 0.768. The van der Waals surface area contributed by atoms with Gasteiger partial charge in [0.05, 0.1) is 6.04 Å². The number of hydrogen-bond donors (Lipinski definition) is 1. The van der Waals surface area contributed by atoms with Crippen LogP contribution >= 0.6 is 0 Å². The van der Waals surface area contributed by atoms with Crippen molar-refractivity contribution in [2.45, 2.75) is 32.0 Å². The van der Waals surface area contributed by atoms with Crippen molar-refractivity contribution in [2.24, 2.45) is 0 Å². The van der Waals surface area contributed by atoms with Gasteiger partial charge in [-0.3, -0.25) is 0 Å². The van der Waals surface area contributed by atoms with Crippen LogP contribution in [0, 0.1) is 12.7 Å². The molecule has 1 nitrogen and oxygen atoms in total. The SMILES string of the molecule is Cc1ccc(NC2CCC2F)cc1F. The van der Waals surface area contributed by atoms with E-state index < -0.39 is 6.17 Å². The van der Waals surface area contributed by atoms with Crippen LogP contribution in [0.25, 0.3) is 0 Å². The Bertz CT molecular complexity index is 338. The normalized spacial score (nSPS) is 25.6. The van der Waals surface area contributed by atoms with Crippen LogP contribution in [0.1, 0.15) is 18.4 Å². The molecule has 0 heterocycles. The van der Waals surface area contributed by atoms with Gasteiger partial charge in [-0.2, -0.15) is 0 Å². The molecule has 2 rings (SSSR count). The van der Waals surface area contributed by atoms with E-state index in [1.165, 1.54) is 6.07 Å². The van der Waals surface area contributed by atoms with Crippen LogP contribution in [-0.2, 0) is 0 Å². The minimum Gasteiger partial charge on any atom is -0.379 e. The van der Waals surface area contributed by atoms with E-state index in [4.69, 9.17) is 0 Å². The van der Waals surface area contributed by atoms with Crippen LogP contribution in [-0.4, -0.2) is 12.2 Å². The molecule has 1 aromatic carbocycles. The molecule has 1 aromatic rings. The summed E-state index contributed by atoms with van der Waals surface area (Å²) in [6, 6.07) is 4.77. The molecule has 1 aliphatic rings. The van der Waals surface area contributed by atoms with E-state index in [1.807, 2.05) is 0 Å². The molecule has 1 saturated carbocycles. The highest BCUT2D eigenvalue weighted by molar-refractivity contribution is 5.46. The van der Waals surface area contributed by atoms with Gasteiger partial charge in [-0.1, -0.05) is 6.07 Å². The van der Waals surface area contributed by atoms with E-state index in [9.17, 15) is 8.78 Å². The van der Waals surface area contributed by atoms with Gasteiger partial charge in [0.15, 0.2) is 0 Å².